The zero-order valence-corrected chi connectivity index (χ0v) is 14.6. The lowest BCUT2D eigenvalue weighted by Gasteiger charge is -2.16. The summed E-state index contributed by atoms with van der Waals surface area (Å²) in [6, 6.07) is 12.0. The number of methoxy groups -OCH3 is 1. The number of halogens is 2. The third-order valence-corrected chi connectivity index (χ3v) is 4.06. The summed E-state index contributed by atoms with van der Waals surface area (Å²) in [5.74, 6) is 0.831. The van der Waals surface area contributed by atoms with Crippen molar-refractivity contribution in [2.45, 2.75) is 6.54 Å². The van der Waals surface area contributed by atoms with Gasteiger partial charge in [-0.05, 0) is 51.8 Å². The maximum absolute atomic E-state index is 6.27. The van der Waals surface area contributed by atoms with Gasteiger partial charge >= 0.3 is 0 Å². The van der Waals surface area contributed by atoms with Crippen molar-refractivity contribution >= 4 is 38.9 Å². The molecule has 0 spiro atoms. The van der Waals surface area contributed by atoms with Crippen molar-refractivity contribution in [3.63, 3.8) is 0 Å². The van der Waals surface area contributed by atoms with Crippen molar-refractivity contribution in [1.82, 2.24) is 0 Å². The standard InChI is InChI=1S/C16H18BrClN2O/c1-20(2)15-6-5-12(9-14(15)18)19-10-11-4-7-16(21-3)13(17)8-11/h4-9,19H,10H2,1-3H3. The molecule has 3 nitrogen and oxygen atoms in total. The Morgan fingerprint density at radius 3 is 2.52 bits per heavy atom. The molecule has 21 heavy (non-hydrogen) atoms. The Hall–Kier alpha value is -1.39. The smallest absolute Gasteiger partial charge is 0.133 e. The van der Waals surface area contributed by atoms with Crippen molar-refractivity contribution in [3.05, 3.63) is 51.5 Å². The zero-order valence-electron chi connectivity index (χ0n) is 12.3. The summed E-state index contributed by atoms with van der Waals surface area (Å²) in [6.07, 6.45) is 0. The van der Waals surface area contributed by atoms with Crippen LogP contribution in [-0.2, 0) is 6.54 Å². The van der Waals surface area contributed by atoms with Crippen LogP contribution in [-0.4, -0.2) is 21.2 Å². The molecule has 0 atom stereocenters. The van der Waals surface area contributed by atoms with E-state index in [1.54, 1.807) is 7.11 Å². The van der Waals surface area contributed by atoms with Gasteiger partial charge in [0.05, 0.1) is 22.3 Å². The number of ether oxygens (including phenoxy) is 1. The Morgan fingerprint density at radius 1 is 1.19 bits per heavy atom. The van der Waals surface area contributed by atoms with Crippen molar-refractivity contribution < 1.29 is 4.74 Å². The van der Waals surface area contributed by atoms with Crippen molar-refractivity contribution in [3.8, 4) is 5.75 Å². The first-order chi connectivity index (χ1) is 10.0. The lowest BCUT2D eigenvalue weighted by atomic mass is 10.2. The fourth-order valence-corrected chi connectivity index (χ4v) is 2.94. The van der Waals surface area contributed by atoms with Gasteiger partial charge in [-0.2, -0.15) is 0 Å². The molecule has 0 radical (unpaired) electrons. The molecule has 2 aromatic rings. The van der Waals surface area contributed by atoms with Gasteiger partial charge in [-0.3, -0.25) is 0 Å². The van der Waals surface area contributed by atoms with E-state index in [1.807, 2.05) is 55.4 Å². The average molecular weight is 370 g/mol. The Labute approximate surface area is 139 Å². The van der Waals surface area contributed by atoms with Crippen LogP contribution in [0.25, 0.3) is 0 Å². The molecule has 0 aromatic heterocycles. The molecule has 2 rings (SSSR count). The number of hydrogen-bond acceptors (Lipinski definition) is 3. The summed E-state index contributed by atoms with van der Waals surface area (Å²) < 4.78 is 6.17. The SMILES string of the molecule is COc1ccc(CNc2ccc(N(C)C)c(Cl)c2)cc1Br. The van der Waals surface area contributed by atoms with Gasteiger partial charge in [-0.1, -0.05) is 17.7 Å². The van der Waals surface area contributed by atoms with Crippen LogP contribution in [0.5, 0.6) is 5.75 Å². The molecule has 0 heterocycles. The second kappa shape index (κ2) is 7.05. The van der Waals surface area contributed by atoms with Gasteiger partial charge in [0.2, 0.25) is 0 Å². The molecule has 2 aromatic carbocycles. The first kappa shape index (κ1) is 16.0. The summed E-state index contributed by atoms with van der Waals surface area (Å²) in [5.41, 5.74) is 3.17. The number of benzene rings is 2. The van der Waals surface area contributed by atoms with E-state index in [1.165, 1.54) is 0 Å². The summed E-state index contributed by atoms with van der Waals surface area (Å²) in [6.45, 7) is 0.722. The molecule has 0 aliphatic heterocycles. The largest absolute Gasteiger partial charge is 0.496 e. The third kappa shape index (κ3) is 4.05. The van der Waals surface area contributed by atoms with Gasteiger partial charge in [-0.15, -0.1) is 0 Å². The normalized spacial score (nSPS) is 10.3. The molecule has 5 heteroatoms. The van der Waals surface area contributed by atoms with Gasteiger partial charge in [0.15, 0.2) is 0 Å². The predicted molar refractivity (Wildman–Crippen MR) is 93.8 cm³/mol. The molecule has 0 aliphatic carbocycles. The lowest BCUT2D eigenvalue weighted by molar-refractivity contribution is 0.412. The molecule has 0 aliphatic rings. The Bertz CT molecular complexity index is 632. The second-order valence-corrected chi connectivity index (χ2v) is 6.14. The molecule has 0 saturated carbocycles. The minimum absolute atomic E-state index is 0.722. The van der Waals surface area contributed by atoms with Crippen LogP contribution in [0, 0.1) is 0 Å². The molecular formula is C16H18BrClN2O. The van der Waals surface area contributed by atoms with E-state index in [2.05, 4.69) is 21.2 Å². The van der Waals surface area contributed by atoms with Crippen LogP contribution in [0.1, 0.15) is 5.56 Å². The first-order valence-corrected chi connectivity index (χ1v) is 7.71. The van der Waals surface area contributed by atoms with Crippen LogP contribution in [0.3, 0.4) is 0 Å². The van der Waals surface area contributed by atoms with E-state index < -0.39 is 0 Å². The van der Waals surface area contributed by atoms with Gasteiger partial charge in [-0.25, -0.2) is 0 Å². The van der Waals surface area contributed by atoms with E-state index in [0.29, 0.717) is 0 Å². The molecular weight excluding hydrogens is 352 g/mol. The minimum Gasteiger partial charge on any atom is -0.496 e. The summed E-state index contributed by atoms with van der Waals surface area (Å²) >= 11 is 9.76. The first-order valence-electron chi connectivity index (χ1n) is 6.54. The molecule has 0 amide bonds. The topological polar surface area (TPSA) is 24.5 Å². The van der Waals surface area contributed by atoms with Crippen LogP contribution in [0.2, 0.25) is 5.02 Å². The predicted octanol–water partition coefficient (Wildman–Crippen LogP) is 4.79. The van der Waals surface area contributed by atoms with Gasteiger partial charge < -0.3 is 15.0 Å². The molecule has 1 N–H and O–H groups in total. The highest BCUT2D eigenvalue weighted by Crippen LogP contribution is 2.28. The summed E-state index contributed by atoms with van der Waals surface area (Å²) in [5, 5.41) is 4.10. The minimum atomic E-state index is 0.722. The van der Waals surface area contributed by atoms with Crippen LogP contribution in [0.4, 0.5) is 11.4 Å². The maximum Gasteiger partial charge on any atom is 0.133 e. The van der Waals surface area contributed by atoms with Gasteiger partial charge in [0, 0.05) is 26.3 Å². The van der Waals surface area contributed by atoms with Crippen LogP contribution in [0.15, 0.2) is 40.9 Å². The highest BCUT2D eigenvalue weighted by atomic mass is 79.9. The molecule has 0 bridgehead atoms. The van der Waals surface area contributed by atoms with Crippen LogP contribution >= 0.6 is 27.5 Å². The molecule has 112 valence electrons. The van der Waals surface area contributed by atoms with Crippen molar-refractivity contribution in [2.75, 3.05) is 31.4 Å². The van der Waals surface area contributed by atoms with E-state index >= 15 is 0 Å². The van der Waals surface area contributed by atoms with Crippen molar-refractivity contribution in [2.24, 2.45) is 0 Å². The van der Waals surface area contributed by atoms with E-state index in [-0.39, 0.29) is 0 Å². The van der Waals surface area contributed by atoms with E-state index in [0.717, 1.165) is 38.7 Å². The maximum atomic E-state index is 6.27. The fourth-order valence-electron chi connectivity index (χ4n) is 2.00. The highest BCUT2D eigenvalue weighted by molar-refractivity contribution is 9.10. The monoisotopic (exact) mass is 368 g/mol. The average Bonchev–Trinajstić information content (AvgIpc) is 2.45. The van der Waals surface area contributed by atoms with Crippen molar-refractivity contribution in [1.29, 1.82) is 0 Å². The summed E-state index contributed by atoms with van der Waals surface area (Å²) in [7, 11) is 5.61. The van der Waals surface area contributed by atoms with E-state index in [4.69, 9.17) is 16.3 Å². The third-order valence-electron chi connectivity index (χ3n) is 3.14. The Kier molecular flexibility index (Phi) is 5.37. The summed E-state index contributed by atoms with van der Waals surface area (Å²) in [4.78, 5) is 1.99. The lowest BCUT2D eigenvalue weighted by Crippen LogP contribution is -2.09. The Morgan fingerprint density at radius 2 is 1.95 bits per heavy atom. The fraction of sp³-hybridized carbons (Fsp3) is 0.250. The molecule has 0 fully saturated rings. The highest BCUT2D eigenvalue weighted by Gasteiger charge is 2.05. The number of hydrogen-bond donors (Lipinski definition) is 1. The Balaban J connectivity index is 2.06. The number of rotatable bonds is 5. The molecule has 0 unspecified atom stereocenters. The van der Waals surface area contributed by atoms with Crippen LogP contribution < -0.4 is 15.0 Å². The van der Waals surface area contributed by atoms with Gasteiger partial charge in [0.1, 0.15) is 5.75 Å². The quantitative estimate of drug-likeness (QED) is 0.820. The number of anilines is 2. The second-order valence-electron chi connectivity index (χ2n) is 4.88. The number of nitrogens with one attached hydrogen (secondary N) is 1. The zero-order chi connectivity index (χ0) is 15.4. The van der Waals surface area contributed by atoms with E-state index in [9.17, 15) is 0 Å². The van der Waals surface area contributed by atoms with Gasteiger partial charge in [0.25, 0.3) is 0 Å². The number of nitrogens with zero attached hydrogens (tertiary/aromatic N) is 1. The molecule has 0 saturated heterocycles.